The molecule has 0 unspecified atom stereocenters. The first-order valence-corrected chi connectivity index (χ1v) is 7.39. The van der Waals surface area contributed by atoms with Gasteiger partial charge in [0.25, 0.3) is 5.56 Å². The Balaban J connectivity index is 2.51. The molecule has 0 saturated heterocycles. The summed E-state index contributed by atoms with van der Waals surface area (Å²) in [4.78, 5) is 12.7. The van der Waals surface area contributed by atoms with E-state index in [-0.39, 0.29) is 16.5 Å². The maximum absolute atomic E-state index is 15.1. The van der Waals surface area contributed by atoms with Crippen molar-refractivity contribution in [3.63, 3.8) is 0 Å². The van der Waals surface area contributed by atoms with Crippen LogP contribution in [0.25, 0.3) is 22.0 Å². The Bertz CT molecular complexity index is 1050. The van der Waals surface area contributed by atoms with E-state index in [2.05, 4.69) is 6.58 Å². The highest BCUT2D eigenvalue weighted by Crippen LogP contribution is 2.37. The summed E-state index contributed by atoms with van der Waals surface area (Å²) in [6.45, 7) is 4.66. The van der Waals surface area contributed by atoms with E-state index in [1.165, 1.54) is 30.3 Å². The van der Waals surface area contributed by atoms with E-state index in [0.717, 1.165) is 0 Å². The third-order valence-corrected chi connectivity index (χ3v) is 4.03. The van der Waals surface area contributed by atoms with Crippen molar-refractivity contribution in [2.75, 3.05) is 0 Å². The van der Waals surface area contributed by atoms with Crippen LogP contribution in [0.15, 0.2) is 59.9 Å². The highest BCUT2D eigenvalue weighted by Gasteiger charge is 2.37. The molecule has 0 fully saturated rings. The number of rotatable bonds is 2. The Morgan fingerprint density at radius 3 is 2.16 bits per heavy atom. The second-order valence-corrected chi connectivity index (χ2v) is 5.61. The average Bonchev–Trinajstić information content (AvgIpc) is 2.56. The van der Waals surface area contributed by atoms with Gasteiger partial charge in [-0.1, -0.05) is 43.0 Å². The monoisotopic (exact) mass is 347 g/mol. The Morgan fingerprint density at radius 2 is 1.56 bits per heavy atom. The van der Waals surface area contributed by atoms with Gasteiger partial charge < -0.3 is 0 Å². The molecule has 2 aromatic carbocycles. The highest BCUT2D eigenvalue weighted by molar-refractivity contribution is 5.94. The van der Waals surface area contributed by atoms with Crippen LogP contribution in [-0.4, -0.2) is 10.7 Å². The van der Waals surface area contributed by atoms with Gasteiger partial charge in [-0.3, -0.25) is 9.36 Å². The van der Waals surface area contributed by atoms with Gasteiger partial charge in [0.1, 0.15) is 0 Å². The van der Waals surface area contributed by atoms with Crippen LogP contribution >= 0.6 is 0 Å². The molecule has 1 aromatic heterocycles. The first-order valence-electron chi connectivity index (χ1n) is 7.39. The Labute approximate surface area is 140 Å². The van der Waals surface area contributed by atoms with Crippen molar-refractivity contribution in [3.8, 4) is 5.69 Å². The smallest absolute Gasteiger partial charge is 0.268 e. The number of para-hydroxylation sites is 1. The van der Waals surface area contributed by atoms with Gasteiger partial charge in [-0.2, -0.15) is 17.6 Å². The number of benzene rings is 2. The lowest BCUT2D eigenvalue weighted by molar-refractivity contribution is -0.0688. The molecule has 0 amide bonds. The molecule has 0 radical (unpaired) electrons. The molecule has 1 heterocycles. The van der Waals surface area contributed by atoms with Crippen LogP contribution < -0.4 is 5.56 Å². The normalized spacial score (nSPS) is 11.7. The Morgan fingerprint density at radius 1 is 1.00 bits per heavy atom. The number of aromatic nitrogens is 1. The molecule has 25 heavy (non-hydrogen) atoms. The molecule has 0 N–H and O–H groups in total. The number of hydrogen-bond acceptors (Lipinski definition) is 1. The zero-order valence-electron chi connectivity index (χ0n) is 13.2. The van der Waals surface area contributed by atoms with Crippen LogP contribution in [0.2, 0.25) is 0 Å². The lowest BCUT2D eigenvalue weighted by atomic mass is 10.0. The van der Waals surface area contributed by atoms with E-state index in [1.807, 2.05) is 0 Å². The number of nitrogens with zero attached hydrogens (tertiary/aromatic N) is 1. The zero-order chi connectivity index (χ0) is 18.4. The SMILES string of the molecule is C=C(c1c(F)n(-c2ccccc2C)c(=O)c2ccccc12)C(F)(F)F. The topological polar surface area (TPSA) is 22.0 Å². The van der Waals surface area contributed by atoms with E-state index >= 15 is 4.39 Å². The Kier molecular flexibility index (Phi) is 3.99. The lowest BCUT2D eigenvalue weighted by Gasteiger charge is -2.18. The fraction of sp³-hybridized carbons (Fsp3) is 0.105. The van der Waals surface area contributed by atoms with Crippen LogP contribution in [0, 0.1) is 12.9 Å². The number of aryl methyl sites for hydroxylation is 1. The molecule has 0 saturated carbocycles. The zero-order valence-corrected chi connectivity index (χ0v) is 13.2. The van der Waals surface area contributed by atoms with E-state index < -0.39 is 28.8 Å². The summed E-state index contributed by atoms with van der Waals surface area (Å²) in [7, 11) is 0. The summed E-state index contributed by atoms with van der Waals surface area (Å²) in [6.07, 6.45) is -4.82. The van der Waals surface area contributed by atoms with Gasteiger partial charge >= 0.3 is 6.18 Å². The summed E-state index contributed by atoms with van der Waals surface area (Å²) >= 11 is 0. The minimum Gasteiger partial charge on any atom is -0.268 e. The maximum Gasteiger partial charge on any atom is 0.416 e. The van der Waals surface area contributed by atoms with Crippen molar-refractivity contribution in [1.29, 1.82) is 0 Å². The molecule has 3 aromatic rings. The molecule has 6 heteroatoms. The minimum absolute atomic E-state index is 0.00690. The van der Waals surface area contributed by atoms with Gasteiger partial charge in [0, 0.05) is 10.9 Å². The molecule has 0 atom stereocenters. The van der Waals surface area contributed by atoms with Gasteiger partial charge in [-0.15, -0.1) is 0 Å². The molecule has 2 nitrogen and oxygen atoms in total. The van der Waals surface area contributed by atoms with Crippen molar-refractivity contribution in [2.24, 2.45) is 0 Å². The third-order valence-electron chi connectivity index (χ3n) is 4.03. The summed E-state index contributed by atoms with van der Waals surface area (Å²) in [5.74, 6) is -1.28. The standard InChI is InChI=1S/C19H13F4NO/c1-11-7-3-6-10-15(11)24-17(20)16(12(2)19(21,22)23)13-8-4-5-9-14(13)18(24)25/h3-10H,2H2,1H3. The number of alkyl halides is 3. The molecule has 3 rings (SSSR count). The number of hydrogen-bond donors (Lipinski definition) is 0. The highest BCUT2D eigenvalue weighted by atomic mass is 19.4. The Hall–Kier alpha value is -2.89. The van der Waals surface area contributed by atoms with Crippen molar-refractivity contribution < 1.29 is 17.6 Å². The van der Waals surface area contributed by atoms with Crippen LogP contribution in [0.4, 0.5) is 17.6 Å². The quantitative estimate of drug-likeness (QED) is 0.472. The molecular formula is C19H13F4NO. The van der Waals surface area contributed by atoms with Crippen molar-refractivity contribution in [2.45, 2.75) is 13.1 Å². The first-order chi connectivity index (χ1) is 11.7. The summed E-state index contributed by atoms with van der Waals surface area (Å²) in [5.41, 5.74) is -2.02. The van der Waals surface area contributed by atoms with Crippen LogP contribution in [0.1, 0.15) is 11.1 Å². The fourth-order valence-electron chi connectivity index (χ4n) is 2.78. The van der Waals surface area contributed by atoms with Crippen molar-refractivity contribution in [1.82, 2.24) is 4.57 Å². The predicted octanol–water partition coefficient (Wildman–Crippen LogP) is 5.01. The van der Waals surface area contributed by atoms with Crippen LogP contribution in [-0.2, 0) is 0 Å². The van der Waals surface area contributed by atoms with Gasteiger partial charge in [-0.25, -0.2) is 0 Å². The molecule has 0 spiro atoms. The van der Waals surface area contributed by atoms with Gasteiger partial charge in [-0.05, 0) is 30.0 Å². The summed E-state index contributed by atoms with van der Waals surface area (Å²) in [6, 6.07) is 12.0. The summed E-state index contributed by atoms with van der Waals surface area (Å²) in [5, 5.41) is -0.121. The third kappa shape index (κ3) is 2.73. The average molecular weight is 347 g/mol. The van der Waals surface area contributed by atoms with Crippen molar-refractivity contribution >= 4 is 16.3 Å². The van der Waals surface area contributed by atoms with E-state index in [0.29, 0.717) is 10.1 Å². The largest absolute Gasteiger partial charge is 0.416 e. The molecule has 128 valence electrons. The van der Waals surface area contributed by atoms with E-state index in [9.17, 15) is 18.0 Å². The van der Waals surface area contributed by atoms with Crippen LogP contribution in [0.5, 0.6) is 0 Å². The minimum atomic E-state index is -4.82. The molecule has 0 bridgehead atoms. The molecule has 0 aliphatic carbocycles. The fourth-order valence-corrected chi connectivity index (χ4v) is 2.78. The first kappa shape index (κ1) is 17.0. The number of fused-ring (bicyclic) bond motifs is 1. The predicted molar refractivity (Wildman–Crippen MR) is 89.3 cm³/mol. The van der Waals surface area contributed by atoms with E-state index in [1.54, 1.807) is 25.1 Å². The second-order valence-electron chi connectivity index (χ2n) is 5.61. The molecule has 0 aliphatic heterocycles. The van der Waals surface area contributed by atoms with Crippen LogP contribution in [0.3, 0.4) is 0 Å². The lowest BCUT2D eigenvalue weighted by Crippen LogP contribution is -2.25. The van der Waals surface area contributed by atoms with Gasteiger partial charge in [0.2, 0.25) is 5.95 Å². The maximum atomic E-state index is 15.1. The molecule has 0 aliphatic rings. The van der Waals surface area contributed by atoms with Crippen molar-refractivity contribution in [3.05, 3.63) is 82.5 Å². The molecular weight excluding hydrogens is 334 g/mol. The number of pyridine rings is 1. The van der Waals surface area contributed by atoms with E-state index in [4.69, 9.17) is 0 Å². The van der Waals surface area contributed by atoms with Gasteiger partial charge in [0.05, 0.1) is 11.3 Å². The summed E-state index contributed by atoms with van der Waals surface area (Å²) < 4.78 is 55.4. The van der Waals surface area contributed by atoms with Gasteiger partial charge in [0.15, 0.2) is 0 Å². The number of halogens is 4. The number of allylic oxidation sites excluding steroid dienone is 1. The second kappa shape index (κ2) is 5.88.